The second-order valence-corrected chi connectivity index (χ2v) is 8.52. The number of nitrogens with one attached hydrogen (secondary N) is 2. The number of ketones is 1. The van der Waals surface area contributed by atoms with Crippen LogP contribution in [0.2, 0.25) is 0 Å². The third kappa shape index (κ3) is 6.13. The highest BCUT2D eigenvalue weighted by molar-refractivity contribution is 7.99. The van der Waals surface area contributed by atoms with Crippen LogP contribution in [-0.4, -0.2) is 42.0 Å². The van der Waals surface area contributed by atoms with Gasteiger partial charge in [-0.3, -0.25) is 14.6 Å². The minimum atomic E-state index is -0.348. The first-order chi connectivity index (χ1) is 15.5. The monoisotopic (exact) mass is 450 g/mol. The third-order valence-corrected chi connectivity index (χ3v) is 5.88. The van der Waals surface area contributed by atoms with Crippen molar-refractivity contribution in [3.05, 3.63) is 65.2 Å². The van der Waals surface area contributed by atoms with Gasteiger partial charge in [-0.1, -0.05) is 19.1 Å². The van der Waals surface area contributed by atoms with Crippen LogP contribution in [0.5, 0.6) is 0 Å². The summed E-state index contributed by atoms with van der Waals surface area (Å²) in [7, 11) is 1.46. The highest BCUT2D eigenvalue weighted by atomic mass is 32.2. The van der Waals surface area contributed by atoms with E-state index in [2.05, 4.69) is 22.2 Å². The number of thioether (sulfide) groups is 1. The number of fused-ring (bicyclic) bond motifs is 1. The maximum Gasteiger partial charge on any atom is 0.229 e. The number of carbonyl (C=O) groups is 2. The van der Waals surface area contributed by atoms with Gasteiger partial charge >= 0.3 is 0 Å². The molecule has 166 valence electrons. The number of benzene rings is 1. The number of Topliss-reactive ketones (excluding diaryl/α,β-unsaturated/α-hetero) is 1. The number of pyridine rings is 1. The molecule has 2 aromatic rings. The van der Waals surface area contributed by atoms with E-state index in [9.17, 15) is 9.59 Å². The standard InChI is InChI=1S/C24H26N4O3S/c1-3-32-19-7-4-16(5-8-19)12-23(29)28-22-11-9-20-21(27-22)10-6-17(24(20)30)14-26-15-18(13-25)31-2/h4-5,7-9,11,13-15,17,25H,3,6,10,12H2,1-2H3,(H,27,28,29)/b18-15+,25-13?,26-14+. The van der Waals surface area contributed by atoms with E-state index in [0.717, 1.165) is 17.5 Å². The number of hydrogen-bond donors (Lipinski definition) is 2. The molecule has 0 saturated heterocycles. The molecule has 0 radical (unpaired) electrons. The van der Waals surface area contributed by atoms with Crippen molar-refractivity contribution >= 4 is 41.7 Å². The maximum atomic E-state index is 12.8. The second kappa shape index (κ2) is 11.4. The molecule has 8 heteroatoms. The average Bonchev–Trinajstić information content (AvgIpc) is 2.79. The minimum absolute atomic E-state index is 0.0485. The molecule has 1 aromatic carbocycles. The highest BCUT2D eigenvalue weighted by Crippen LogP contribution is 2.25. The Labute approximate surface area is 191 Å². The van der Waals surface area contributed by atoms with Crippen molar-refractivity contribution in [3.8, 4) is 0 Å². The Morgan fingerprint density at radius 3 is 2.78 bits per heavy atom. The van der Waals surface area contributed by atoms with E-state index in [0.29, 0.717) is 35.7 Å². The molecule has 0 fully saturated rings. The Hall–Kier alpha value is -3.26. The quantitative estimate of drug-likeness (QED) is 0.336. The third-order valence-electron chi connectivity index (χ3n) is 4.98. The number of hydrogen-bond acceptors (Lipinski definition) is 7. The number of carbonyl (C=O) groups excluding carboxylic acids is 2. The number of nitrogens with zero attached hydrogens (tertiary/aromatic N) is 2. The predicted molar refractivity (Wildman–Crippen MR) is 128 cm³/mol. The van der Waals surface area contributed by atoms with Crippen LogP contribution in [0.4, 0.5) is 5.82 Å². The van der Waals surface area contributed by atoms with Gasteiger partial charge in [-0.2, -0.15) is 0 Å². The van der Waals surface area contributed by atoms with Crippen LogP contribution in [0, 0.1) is 11.3 Å². The Morgan fingerprint density at radius 1 is 1.31 bits per heavy atom. The Bertz CT molecular complexity index is 1050. The molecule has 1 aliphatic carbocycles. The van der Waals surface area contributed by atoms with E-state index in [4.69, 9.17) is 10.1 Å². The van der Waals surface area contributed by atoms with Crippen LogP contribution in [0.3, 0.4) is 0 Å². The fourth-order valence-electron chi connectivity index (χ4n) is 3.36. The zero-order valence-electron chi connectivity index (χ0n) is 18.1. The number of ether oxygens (including phenoxy) is 1. The van der Waals surface area contributed by atoms with Crippen LogP contribution in [0.1, 0.15) is 35.0 Å². The molecule has 1 atom stereocenters. The average molecular weight is 451 g/mol. The number of allylic oxidation sites excluding steroid dienone is 1. The SMILES string of the molecule is CCSc1ccc(CC(=O)Nc2ccc3c(n2)CCC(/C=N/C=C(\C=N)OC)C3=O)cc1. The van der Waals surface area contributed by atoms with Crippen molar-refractivity contribution in [1.82, 2.24) is 4.98 Å². The van der Waals surface area contributed by atoms with E-state index >= 15 is 0 Å². The van der Waals surface area contributed by atoms with Gasteiger partial charge in [-0.15, -0.1) is 11.8 Å². The van der Waals surface area contributed by atoms with E-state index in [-0.39, 0.29) is 24.0 Å². The molecule has 1 aliphatic rings. The predicted octanol–water partition coefficient (Wildman–Crippen LogP) is 4.33. The number of anilines is 1. The summed E-state index contributed by atoms with van der Waals surface area (Å²) in [5, 5.41) is 10.0. The summed E-state index contributed by atoms with van der Waals surface area (Å²) in [6.07, 6.45) is 5.50. The lowest BCUT2D eigenvalue weighted by Crippen LogP contribution is -2.25. The number of aliphatic imine (C=N–C) groups is 1. The number of rotatable bonds is 9. The second-order valence-electron chi connectivity index (χ2n) is 7.18. The number of aromatic nitrogens is 1. The first kappa shape index (κ1) is 23.4. The van der Waals surface area contributed by atoms with Gasteiger partial charge in [0.15, 0.2) is 11.5 Å². The summed E-state index contributed by atoms with van der Waals surface area (Å²) in [4.78, 5) is 35.0. The van der Waals surface area contributed by atoms with Gasteiger partial charge in [-0.05, 0) is 48.4 Å². The summed E-state index contributed by atoms with van der Waals surface area (Å²) >= 11 is 1.76. The first-order valence-electron chi connectivity index (χ1n) is 10.4. The molecule has 2 N–H and O–H groups in total. The number of amides is 1. The molecule has 0 bridgehead atoms. The van der Waals surface area contributed by atoms with E-state index in [1.165, 1.54) is 18.2 Å². The first-order valence-corrected chi connectivity index (χ1v) is 11.4. The van der Waals surface area contributed by atoms with Crippen molar-refractivity contribution in [1.29, 1.82) is 5.41 Å². The Kier molecular flexibility index (Phi) is 8.33. The lowest BCUT2D eigenvalue weighted by atomic mass is 9.86. The highest BCUT2D eigenvalue weighted by Gasteiger charge is 2.27. The molecule has 0 saturated carbocycles. The molecule has 32 heavy (non-hydrogen) atoms. The topological polar surface area (TPSA) is 104 Å². The van der Waals surface area contributed by atoms with Gasteiger partial charge in [0, 0.05) is 16.7 Å². The van der Waals surface area contributed by atoms with Gasteiger partial charge in [0.2, 0.25) is 5.91 Å². The van der Waals surface area contributed by atoms with Gasteiger partial charge in [0.1, 0.15) is 5.82 Å². The van der Waals surface area contributed by atoms with E-state index in [1.54, 1.807) is 30.1 Å². The lowest BCUT2D eigenvalue weighted by Gasteiger charge is -2.20. The largest absolute Gasteiger partial charge is 0.494 e. The molecule has 0 spiro atoms. The summed E-state index contributed by atoms with van der Waals surface area (Å²) in [6, 6.07) is 11.3. The molecule has 0 aliphatic heterocycles. The van der Waals surface area contributed by atoms with Crippen molar-refractivity contribution in [2.75, 3.05) is 18.2 Å². The van der Waals surface area contributed by atoms with E-state index < -0.39 is 0 Å². The van der Waals surface area contributed by atoms with Crippen molar-refractivity contribution in [3.63, 3.8) is 0 Å². The summed E-state index contributed by atoms with van der Waals surface area (Å²) in [5.41, 5.74) is 2.18. The van der Waals surface area contributed by atoms with Crippen LogP contribution >= 0.6 is 11.8 Å². The van der Waals surface area contributed by atoms with Gasteiger partial charge < -0.3 is 15.5 Å². The lowest BCUT2D eigenvalue weighted by molar-refractivity contribution is -0.115. The van der Waals surface area contributed by atoms with Crippen LogP contribution in [0.15, 0.2) is 58.2 Å². The number of methoxy groups -OCH3 is 1. The minimum Gasteiger partial charge on any atom is -0.494 e. The molecule has 1 heterocycles. The number of aryl methyl sites for hydroxylation is 1. The van der Waals surface area contributed by atoms with Crippen LogP contribution in [-0.2, 0) is 22.4 Å². The van der Waals surface area contributed by atoms with Crippen molar-refractivity contribution < 1.29 is 14.3 Å². The molecule has 1 aromatic heterocycles. The molecule has 3 rings (SSSR count). The molecule has 1 unspecified atom stereocenters. The van der Waals surface area contributed by atoms with E-state index in [1.807, 2.05) is 24.3 Å². The van der Waals surface area contributed by atoms with Crippen molar-refractivity contribution in [2.45, 2.75) is 31.1 Å². The van der Waals surface area contributed by atoms with Gasteiger partial charge in [-0.25, -0.2) is 4.98 Å². The zero-order valence-corrected chi connectivity index (χ0v) is 18.9. The fourth-order valence-corrected chi connectivity index (χ4v) is 4.02. The van der Waals surface area contributed by atoms with Crippen molar-refractivity contribution in [2.24, 2.45) is 10.9 Å². The molecule has 1 amide bonds. The maximum absolute atomic E-state index is 12.8. The summed E-state index contributed by atoms with van der Waals surface area (Å²) in [5.74, 6) is 1.23. The Morgan fingerprint density at radius 2 is 2.09 bits per heavy atom. The van der Waals surface area contributed by atoms with Crippen LogP contribution < -0.4 is 5.32 Å². The molecule has 7 nitrogen and oxygen atoms in total. The zero-order chi connectivity index (χ0) is 22.9. The molecular weight excluding hydrogens is 424 g/mol. The smallest absolute Gasteiger partial charge is 0.229 e. The van der Waals surface area contributed by atoms with Gasteiger partial charge in [0.05, 0.1) is 37.6 Å². The van der Waals surface area contributed by atoms with Gasteiger partial charge in [0.25, 0.3) is 0 Å². The fraction of sp³-hybridized carbons (Fsp3) is 0.292. The molecular formula is C24H26N4O3S. The Balaban J connectivity index is 1.62. The summed E-state index contributed by atoms with van der Waals surface area (Å²) < 4.78 is 4.94. The van der Waals surface area contributed by atoms with Crippen LogP contribution in [0.25, 0.3) is 0 Å². The normalized spacial score (nSPS) is 16.0. The summed E-state index contributed by atoms with van der Waals surface area (Å²) in [6.45, 7) is 2.11.